The molecule has 7 heteroatoms. The van der Waals surface area contributed by atoms with Crippen molar-refractivity contribution in [2.45, 2.75) is 25.7 Å². The van der Waals surface area contributed by atoms with Crippen LogP contribution in [0.25, 0.3) is 0 Å². The Kier molecular flexibility index (Phi) is 5.97. The SMILES string of the molecule is CCOC(=O)c1cc(O)c(O)c(O)c1CC(C)(c1ccc(O)cc1)c1ccc(O)cc1. The summed E-state index contributed by atoms with van der Waals surface area (Å²) in [5.74, 6) is -2.58. The summed E-state index contributed by atoms with van der Waals surface area (Å²) in [7, 11) is 0. The standard InChI is InChI=1S/C24H24O7/c1-3-31-23(30)18-12-20(27)22(29)21(28)19(18)13-24(2,14-4-8-16(25)9-5-14)15-6-10-17(26)11-7-15/h4-12,25-29H,3,13H2,1-2H3. The average Bonchev–Trinajstić information content (AvgIpc) is 2.75. The normalized spacial score (nSPS) is 11.3. The van der Waals surface area contributed by atoms with Crippen molar-refractivity contribution >= 4 is 5.97 Å². The maximum atomic E-state index is 12.5. The van der Waals surface area contributed by atoms with Gasteiger partial charge in [-0.3, -0.25) is 0 Å². The maximum absolute atomic E-state index is 12.5. The van der Waals surface area contributed by atoms with Crippen LogP contribution in [0.2, 0.25) is 0 Å². The lowest BCUT2D eigenvalue weighted by molar-refractivity contribution is 0.0523. The fraction of sp³-hybridized carbons (Fsp3) is 0.208. The van der Waals surface area contributed by atoms with E-state index in [1.165, 1.54) is 24.3 Å². The van der Waals surface area contributed by atoms with E-state index < -0.39 is 28.6 Å². The van der Waals surface area contributed by atoms with Crippen molar-refractivity contribution in [3.8, 4) is 28.7 Å². The lowest BCUT2D eigenvalue weighted by atomic mass is 9.71. The van der Waals surface area contributed by atoms with E-state index in [1.54, 1.807) is 31.2 Å². The summed E-state index contributed by atoms with van der Waals surface area (Å²) in [5, 5.41) is 50.1. The summed E-state index contributed by atoms with van der Waals surface area (Å²) in [6, 6.07) is 14.0. The highest BCUT2D eigenvalue weighted by atomic mass is 16.5. The monoisotopic (exact) mass is 424 g/mol. The van der Waals surface area contributed by atoms with Gasteiger partial charge in [0.15, 0.2) is 11.5 Å². The molecular weight excluding hydrogens is 400 g/mol. The van der Waals surface area contributed by atoms with Crippen LogP contribution in [0.4, 0.5) is 0 Å². The molecule has 0 atom stereocenters. The third kappa shape index (κ3) is 4.21. The zero-order valence-electron chi connectivity index (χ0n) is 17.2. The molecule has 0 saturated heterocycles. The number of hydrogen-bond donors (Lipinski definition) is 5. The van der Waals surface area contributed by atoms with Gasteiger partial charge in [-0.05, 0) is 54.8 Å². The molecule has 31 heavy (non-hydrogen) atoms. The number of benzene rings is 3. The fourth-order valence-corrected chi connectivity index (χ4v) is 3.64. The van der Waals surface area contributed by atoms with Crippen LogP contribution in [0.15, 0.2) is 54.6 Å². The molecule has 3 aromatic rings. The highest BCUT2D eigenvalue weighted by molar-refractivity contribution is 5.93. The number of carbonyl (C=O) groups is 1. The number of phenolic OH excluding ortho intramolecular Hbond substituents is 5. The van der Waals surface area contributed by atoms with Crippen LogP contribution in [0, 0.1) is 0 Å². The lowest BCUT2D eigenvalue weighted by Crippen LogP contribution is -2.28. The second-order valence-electron chi connectivity index (χ2n) is 7.44. The zero-order valence-corrected chi connectivity index (χ0v) is 17.2. The maximum Gasteiger partial charge on any atom is 0.338 e. The van der Waals surface area contributed by atoms with Crippen LogP contribution in [0.5, 0.6) is 28.7 Å². The highest BCUT2D eigenvalue weighted by Gasteiger charge is 2.34. The minimum Gasteiger partial charge on any atom is -0.508 e. The largest absolute Gasteiger partial charge is 0.508 e. The third-order valence-electron chi connectivity index (χ3n) is 5.39. The minimum absolute atomic E-state index is 0.0381. The molecular formula is C24H24O7. The van der Waals surface area contributed by atoms with Crippen LogP contribution in [0.3, 0.4) is 0 Å². The Morgan fingerprint density at radius 2 is 1.32 bits per heavy atom. The van der Waals surface area contributed by atoms with Gasteiger partial charge in [-0.15, -0.1) is 0 Å². The quantitative estimate of drug-likeness (QED) is 0.300. The Labute approximate surface area is 179 Å². The van der Waals surface area contributed by atoms with Crippen LogP contribution in [0.1, 0.15) is 40.9 Å². The van der Waals surface area contributed by atoms with E-state index in [2.05, 4.69) is 0 Å². The summed E-state index contributed by atoms with van der Waals surface area (Å²) in [5.41, 5.74) is 0.662. The van der Waals surface area contributed by atoms with Crippen LogP contribution in [-0.4, -0.2) is 38.1 Å². The van der Waals surface area contributed by atoms with E-state index in [1.807, 2.05) is 6.92 Å². The molecule has 0 saturated carbocycles. The Hall–Kier alpha value is -3.87. The molecule has 0 spiro atoms. The topological polar surface area (TPSA) is 127 Å². The van der Waals surface area contributed by atoms with Crippen molar-refractivity contribution in [2.75, 3.05) is 6.61 Å². The highest BCUT2D eigenvalue weighted by Crippen LogP contribution is 2.45. The van der Waals surface area contributed by atoms with Gasteiger partial charge in [-0.1, -0.05) is 31.2 Å². The molecule has 5 N–H and O–H groups in total. The molecule has 162 valence electrons. The number of phenols is 5. The van der Waals surface area contributed by atoms with Crippen molar-refractivity contribution < 1.29 is 35.1 Å². The van der Waals surface area contributed by atoms with E-state index in [4.69, 9.17) is 4.74 Å². The Morgan fingerprint density at radius 3 is 1.77 bits per heavy atom. The Balaban J connectivity index is 2.23. The molecule has 3 rings (SSSR count). The predicted molar refractivity (Wildman–Crippen MR) is 114 cm³/mol. The molecule has 0 aliphatic carbocycles. The van der Waals surface area contributed by atoms with E-state index in [-0.39, 0.29) is 35.7 Å². The molecule has 0 radical (unpaired) electrons. The van der Waals surface area contributed by atoms with Gasteiger partial charge in [0.05, 0.1) is 12.2 Å². The van der Waals surface area contributed by atoms with Crippen molar-refractivity contribution in [2.24, 2.45) is 0 Å². The molecule has 0 aliphatic rings. The van der Waals surface area contributed by atoms with Gasteiger partial charge in [0.25, 0.3) is 0 Å². The van der Waals surface area contributed by atoms with Crippen molar-refractivity contribution in [1.29, 1.82) is 0 Å². The van der Waals surface area contributed by atoms with E-state index in [9.17, 15) is 30.3 Å². The van der Waals surface area contributed by atoms with Crippen molar-refractivity contribution in [3.05, 3.63) is 76.9 Å². The molecule has 0 aliphatic heterocycles. The van der Waals surface area contributed by atoms with Gasteiger partial charge in [-0.2, -0.15) is 0 Å². The first-order valence-electron chi connectivity index (χ1n) is 9.70. The molecule has 0 aromatic heterocycles. The second-order valence-corrected chi connectivity index (χ2v) is 7.44. The average molecular weight is 424 g/mol. The molecule has 0 heterocycles. The van der Waals surface area contributed by atoms with Gasteiger partial charge in [0.1, 0.15) is 11.5 Å². The smallest absolute Gasteiger partial charge is 0.338 e. The fourth-order valence-electron chi connectivity index (χ4n) is 3.64. The number of ether oxygens (including phenoxy) is 1. The molecule has 0 bridgehead atoms. The van der Waals surface area contributed by atoms with Gasteiger partial charge >= 0.3 is 5.97 Å². The second kappa shape index (κ2) is 8.47. The van der Waals surface area contributed by atoms with E-state index >= 15 is 0 Å². The molecule has 0 unspecified atom stereocenters. The van der Waals surface area contributed by atoms with Gasteiger partial charge in [0, 0.05) is 11.0 Å². The van der Waals surface area contributed by atoms with Crippen molar-refractivity contribution in [3.63, 3.8) is 0 Å². The first-order chi connectivity index (χ1) is 14.7. The lowest BCUT2D eigenvalue weighted by Gasteiger charge is -2.32. The van der Waals surface area contributed by atoms with Crippen molar-refractivity contribution in [1.82, 2.24) is 0 Å². The van der Waals surface area contributed by atoms with Crippen LogP contribution < -0.4 is 0 Å². The Bertz CT molecular complexity index is 1040. The minimum atomic E-state index is -0.858. The number of rotatable bonds is 6. The number of esters is 1. The number of aromatic hydroxyl groups is 5. The molecule has 0 amide bonds. The number of carbonyl (C=O) groups excluding carboxylic acids is 1. The summed E-state index contributed by atoms with van der Waals surface area (Å²) in [6.45, 7) is 3.59. The molecule has 3 aromatic carbocycles. The molecule has 7 nitrogen and oxygen atoms in total. The third-order valence-corrected chi connectivity index (χ3v) is 5.39. The predicted octanol–water partition coefficient (Wildman–Crippen LogP) is 3.94. The molecule has 0 fully saturated rings. The van der Waals surface area contributed by atoms with Crippen LogP contribution in [-0.2, 0) is 16.6 Å². The zero-order chi connectivity index (χ0) is 22.8. The van der Waals surface area contributed by atoms with E-state index in [0.29, 0.717) is 0 Å². The van der Waals surface area contributed by atoms with Gasteiger partial charge in [0.2, 0.25) is 5.75 Å². The van der Waals surface area contributed by atoms with E-state index in [0.717, 1.165) is 17.2 Å². The first-order valence-corrected chi connectivity index (χ1v) is 9.70. The summed E-state index contributed by atoms with van der Waals surface area (Å²) in [4.78, 5) is 12.5. The van der Waals surface area contributed by atoms with Gasteiger partial charge in [-0.25, -0.2) is 4.79 Å². The summed E-state index contributed by atoms with van der Waals surface area (Å²) < 4.78 is 5.07. The first kappa shape index (κ1) is 21.8. The Morgan fingerprint density at radius 1 is 0.839 bits per heavy atom. The van der Waals surface area contributed by atoms with Gasteiger partial charge < -0.3 is 30.3 Å². The van der Waals surface area contributed by atoms with Crippen LogP contribution >= 0.6 is 0 Å². The number of hydrogen-bond acceptors (Lipinski definition) is 7. The summed E-state index contributed by atoms with van der Waals surface area (Å²) >= 11 is 0. The summed E-state index contributed by atoms with van der Waals surface area (Å²) in [6.07, 6.45) is 0.0381.